The van der Waals surface area contributed by atoms with Crippen LogP contribution in [0.5, 0.6) is 0 Å². The average Bonchev–Trinajstić information content (AvgIpc) is 2.80. The van der Waals surface area contributed by atoms with E-state index in [4.69, 9.17) is 27.9 Å². The van der Waals surface area contributed by atoms with Crippen LogP contribution in [-0.4, -0.2) is 15.5 Å². The third-order valence-electron chi connectivity index (χ3n) is 2.55. The van der Waals surface area contributed by atoms with Crippen LogP contribution in [0.2, 0.25) is 10.0 Å². The molecule has 0 fully saturated rings. The molecule has 0 radical (unpaired) electrons. The van der Waals surface area contributed by atoms with Gasteiger partial charge in [-0.15, -0.1) is 0 Å². The van der Waals surface area contributed by atoms with E-state index in [1.807, 2.05) is 4.57 Å². The summed E-state index contributed by atoms with van der Waals surface area (Å²) in [5.41, 5.74) is 0.718. The Labute approximate surface area is 120 Å². The maximum Gasteiger partial charge on any atom is 0.303 e. The van der Waals surface area contributed by atoms with Gasteiger partial charge in [0.1, 0.15) is 6.10 Å². The van der Waals surface area contributed by atoms with E-state index < -0.39 is 6.10 Å². The Morgan fingerprint density at radius 2 is 2.26 bits per heavy atom. The van der Waals surface area contributed by atoms with Crippen molar-refractivity contribution in [3.05, 3.63) is 52.5 Å². The Kier molecular flexibility index (Phi) is 4.45. The molecule has 0 aliphatic carbocycles. The molecule has 0 bridgehead atoms. The number of imidazole rings is 1. The summed E-state index contributed by atoms with van der Waals surface area (Å²) in [6.45, 7) is 1.81. The summed E-state index contributed by atoms with van der Waals surface area (Å²) in [7, 11) is 0. The molecule has 0 spiro atoms. The lowest BCUT2D eigenvalue weighted by Gasteiger charge is -2.19. The van der Waals surface area contributed by atoms with Gasteiger partial charge in [-0.3, -0.25) is 4.79 Å². The monoisotopic (exact) mass is 298 g/mol. The Hall–Kier alpha value is -1.52. The van der Waals surface area contributed by atoms with E-state index in [0.29, 0.717) is 16.6 Å². The van der Waals surface area contributed by atoms with Gasteiger partial charge in [0, 0.05) is 34.9 Å². The van der Waals surface area contributed by atoms with Crippen molar-refractivity contribution in [3.8, 4) is 0 Å². The SMILES string of the molecule is CC(=O)OC(Cn1ccnc1)c1ccc(Cl)cc1Cl. The predicted octanol–water partition coefficient (Wildman–Crippen LogP) is 3.49. The topological polar surface area (TPSA) is 44.1 Å². The van der Waals surface area contributed by atoms with E-state index in [-0.39, 0.29) is 5.97 Å². The standard InChI is InChI=1S/C13H12Cl2N2O2/c1-9(18)19-13(7-17-5-4-16-8-17)11-3-2-10(14)6-12(11)15/h2-6,8,13H,7H2,1H3. The number of nitrogens with zero attached hydrogens (tertiary/aromatic N) is 2. The van der Waals surface area contributed by atoms with Crippen LogP contribution in [-0.2, 0) is 16.1 Å². The van der Waals surface area contributed by atoms with E-state index in [0.717, 1.165) is 5.56 Å². The molecule has 6 heteroatoms. The van der Waals surface area contributed by atoms with Crippen LogP contribution in [0, 0.1) is 0 Å². The molecule has 1 aromatic carbocycles. The first-order valence-corrected chi connectivity index (χ1v) is 6.40. The molecule has 1 aromatic heterocycles. The molecule has 0 amide bonds. The molecule has 2 aromatic rings. The molecule has 100 valence electrons. The van der Waals surface area contributed by atoms with Gasteiger partial charge in [0.25, 0.3) is 0 Å². The van der Waals surface area contributed by atoms with Crippen LogP contribution in [0.15, 0.2) is 36.9 Å². The average molecular weight is 299 g/mol. The lowest BCUT2D eigenvalue weighted by molar-refractivity contribution is -0.147. The molecule has 0 saturated carbocycles. The van der Waals surface area contributed by atoms with Crippen molar-refractivity contribution in [1.82, 2.24) is 9.55 Å². The molecule has 0 N–H and O–H groups in total. The number of esters is 1. The molecule has 19 heavy (non-hydrogen) atoms. The number of halogens is 2. The second-order valence-corrected chi connectivity index (χ2v) is 4.87. The quantitative estimate of drug-likeness (QED) is 0.812. The van der Waals surface area contributed by atoms with Gasteiger partial charge in [-0.2, -0.15) is 0 Å². The second kappa shape index (κ2) is 6.08. The Morgan fingerprint density at radius 3 is 2.84 bits per heavy atom. The summed E-state index contributed by atoms with van der Waals surface area (Å²) in [4.78, 5) is 15.2. The highest BCUT2D eigenvalue weighted by atomic mass is 35.5. The van der Waals surface area contributed by atoms with Crippen LogP contribution in [0.4, 0.5) is 0 Å². The third kappa shape index (κ3) is 3.72. The van der Waals surface area contributed by atoms with Gasteiger partial charge >= 0.3 is 5.97 Å². The number of benzene rings is 1. The fraction of sp³-hybridized carbons (Fsp3) is 0.231. The van der Waals surface area contributed by atoms with Crippen molar-refractivity contribution in [2.24, 2.45) is 0 Å². The third-order valence-corrected chi connectivity index (χ3v) is 3.12. The largest absolute Gasteiger partial charge is 0.456 e. The highest BCUT2D eigenvalue weighted by Crippen LogP contribution is 2.29. The normalized spacial score (nSPS) is 12.2. The minimum atomic E-state index is -0.475. The number of carbonyl (C=O) groups is 1. The summed E-state index contributed by atoms with van der Waals surface area (Å²) in [6, 6.07) is 5.10. The van der Waals surface area contributed by atoms with Crippen molar-refractivity contribution < 1.29 is 9.53 Å². The molecule has 0 saturated heterocycles. The Balaban J connectivity index is 2.28. The lowest BCUT2D eigenvalue weighted by atomic mass is 10.1. The first-order valence-electron chi connectivity index (χ1n) is 5.64. The number of rotatable bonds is 4. The molecule has 0 aliphatic rings. The number of hydrogen-bond acceptors (Lipinski definition) is 3. The van der Waals surface area contributed by atoms with Crippen LogP contribution in [0.25, 0.3) is 0 Å². The van der Waals surface area contributed by atoms with Crippen molar-refractivity contribution in [2.45, 2.75) is 19.6 Å². The van der Waals surface area contributed by atoms with Crippen molar-refractivity contribution in [1.29, 1.82) is 0 Å². The van der Waals surface area contributed by atoms with Gasteiger partial charge in [0.15, 0.2) is 0 Å². The molecule has 0 aliphatic heterocycles. The smallest absolute Gasteiger partial charge is 0.303 e. The molecule has 2 rings (SSSR count). The molecule has 1 unspecified atom stereocenters. The molecule has 4 nitrogen and oxygen atoms in total. The highest BCUT2D eigenvalue weighted by molar-refractivity contribution is 6.35. The zero-order valence-corrected chi connectivity index (χ0v) is 11.7. The van der Waals surface area contributed by atoms with Crippen molar-refractivity contribution >= 4 is 29.2 Å². The lowest BCUT2D eigenvalue weighted by Crippen LogP contribution is -2.15. The molecule has 1 heterocycles. The van der Waals surface area contributed by atoms with Crippen molar-refractivity contribution in [3.63, 3.8) is 0 Å². The van der Waals surface area contributed by atoms with Gasteiger partial charge in [0.05, 0.1) is 12.9 Å². The van der Waals surface area contributed by atoms with Crippen LogP contribution < -0.4 is 0 Å². The fourth-order valence-electron chi connectivity index (χ4n) is 1.75. The number of carbonyl (C=O) groups excluding carboxylic acids is 1. The van der Waals surface area contributed by atoms with E-state index in [9.17, 15) is 4.79 Å². The van der Waals surface area contributed by atoms with Gasteiger partial charge in [-0.25, -0.2) is 4.98 Å². The molecular weight excluding hydrogens is 287 g/mol. The summed E-state index contributed by atoms with van der Waals surface area (Å²) in [5, 5.41) is 1.01. The fourth-order valence-corrected chi connectivity index (χ4v) is 2.28. The zero-order chi connectivity index (χ0) is 13.8. The van der Waals surface area contributed by atoms with E-state index in [1.54, 1.807) is 36.9 Å². The molecular formula is C13H12Cl2N2O2. The van der Waals surface area contributed by atoms with Crippen molar-refractivity contribution in [2.75, 3.05) is 0 Å². The second-order valence-electron chi connectivity index (χ2n) is 4.02. The summed E-state index contributed by atoms with van der Waals surface area (Å²) < 4.78 is 7.13. The van der Waals surface area contributed by atoms with Gasteiger partial charge < -0.3 is 9.30 Å². The Morgan fingerprint density at radius 1 is 1.47 bits per heavy atom. The van der Waals surface area contributed by atoms with Gasteiger partial charge in [0.2, 0.25) is 0 Å². The highest BCUT2D eigenvalue weighted by Gasteiger charge is 2.18. The minimum Gasteiger partial charge on any atom is -0.456 e. The summed E-state index contributed by atoms with van der Waals surface area (Å²) >= 11 is 12.0. The van der Waals surface area contributed by atoms with E-state index >= 15 is 0 Å². The predicted molar refractivity (Wildman–Crippen MR) is 73.2 cm³/mol. The van der Waals surface area contributed by atoms with E-state index in [1.165, 1.54) is 6.92 Å². The van der Waals surface area contributed by atoms with Crippen LogP contribution in [0.3, 0.4) is 0 Å². The number of aromatic nitrogens is 2. The first kappa shape index (κ1) is 13.9. The Bertz CT molecular complexity index is 570. The maximum absolute atomic E-state index is 11.2. The van der Waals surface area contributed by atoms with Gasteiger partial charge in [-0.1, -0.05) is 29.3 Å². The van der Waals surface area contributed by atoms with Crippen LogP contribution >= 0.6 is 23.2 Å². The first-order chi connectivity index (χ1) is 9.06. The van der Waals surface area contributed by atoms with Gasteiger partial charge in [-0.05, 0) is 12.1 Å². The maximum atomic E-state index is 11.2. The minimum absolute atomic E-state index is 0.365. The van der Waals surface area contributed by atoms with E-state index in [2.05, 4.69) is 4.98 Å². The zero-order valence-electron chi connectivity index (χ0n) is 10.2. The summed E-state index contributed by atoms with van der Waals surface area (Å²) in [6.07, 6.45) is 4.63. The number of ether oxygens (including phenoxy) is 1. The molecule has 1 atom stereocenters. The summed E-state index contributed by atoms with van der Waals surface area (Å²) in [5.74, 6) is -0.365. The van der Waals surface area contributed by atoms with Crippen LogP contribution in [0.1, 0.15) is 18.6 Å². The number of hydrogen-bond donors (Lipinski definition) is 0.